The highest BCUT2D eigenvalue weighted by Gasteiger charge is 2.50. The van der Waals surface area contributed by atoms with Crippen molar-refractivity contribution in [3.05, 3.63) is 0 Å². The Morgan fingerprint density at radius 3 is 2.09 bits per heavy atom. The predicted octanol–water partition coefficient (Wildman–Crippen LogP) is 5.12. The molecule has 0 amide bonds. The fraction of sp³-hybridized carbons (Fsp3) is 0.947. The van der Waals surface area contributed by atoms with Crippen molar-refractivity contribution in [2.75, 3.05) is 7.11 Å². The molecule has 130 valence electrons. The van der Waals surface area contributed by atoms with Crippen molar-refractivity contribution in [2.24, 2.45) is 11.8 Å². The van der Waals surface area contributed by atoms with Crippen molar-refractivity contribution >= 4 is 5.97 Å². The Morgan fingerprint density at radius 1 is 0.955 bits per heavy atom. The second-order valence-electron chi connectivity index (χ2n) is 6.87. The minimum atomic E-state index is -0.0813. The van der Waals surface area contributed by atoms with Crippen molar-refractivity contribution < 1.29 is 14.3 Å². The lowest BCUT2D eigenvalue weighted by molar-refractivity contribution is -0.146. The smallest absolute Gasteiger partial charge is 0.311 e. The van der Waals surface area contributed by atoms with Crippen LogP contribution in [-0.4, -0.2) is 25.3 Å². The third-order valence-corrected chi connectivity index (χ3v) is 4.90. The summed E-state index contributed by atoms with van der Waals surface area (Å²) in [5.74, 6) is 0.428. The molecule has 0 spiro atoms. The SMILES string of the molecule is CCCCCCC(C)C1OC1C(CCCCCC)C(=O)OC. The molecule has 0 saturated carbocycles. The van der Waals surface area contributed by atoms with Gasteiger partial charge in [0.1, 0.15) is 0 Å². The van der Waals surface area contributed by atoms with Crippen molar-refractivity contribution in [1.82, 2.24) is 0 Å². The average Bonchev–Trinajstić information content (AvgIpc) is 3.31. The molecule has 1 fully saturated rings. The number of rotatable bonds is 13. The Labute approximate surface area is 137 Å². The zero-order valence-corrected chi connectivity index (χ0v) is 15.1. The third-order valence-electron chi connectivity index (χ3n) is 4.90. The average molecular weight is 312 g/mol. The van der Waals surface area contributed by atoms with Crippen molar-refractivity contribution in [3.8, 4) is 0 Å². The van der Waals surface area contributed by atoms with Gasteiger partial charge in [0.25, 0.3) is 0 Å². The van der Waals surface area contributed by atoms with E-state index in [1.807, 2.05) is 0 Å². The zero-order valence-electron chi connectivity index (χ0n) is 15.1. The van der Waals surface area contributed by atoms with E-state index in [1.54, 1.807) is 0 Å². The maximum absolute atomic E-state index is 12.0. The Balaban J connectivity index is 2.33. The van der Waals surface area contributed by atoms with Gasteiger partial charge in [-0.2, -0.15) is 0 Å². The second kappa shape index (κ2) is 11.0. The van der Waals surface area contributed by atoms with Crippen molar-refractivity contribution in [2.45, 2.75) is 97.2 Å². The highest BCUT2D eigenvalue weighted by atomic mass is 16.6. The molecule has 1 rings (SSSR count). The second-order valence-corrected chi connectivity index (χ2v) is 6.87. The van der Waals surface area contributed by atoms with Gasteiger partial charge in [0.2, 0.25) is 0 Å². The summed E-state index contributed by atoms with van der Waals surface area (Å²) >= 11 is 0. The number of methoxy groups -OCH3 is 1. The summed E-state index contributed by atoms with van der Waals surface area (Å²) in [6.07, 6.45) is 12.5. The summed E-state index contributed by atoms with van der Waals surface area (Å²) in [6.45, 7) is 6.71. The van der Waals surface area contributed by atoms with Crippen LogP contribution in [0.3, 0.4) is 0 Å². The molecule has 0 N–H and O–H groups in total. The van der Waals surface area contributed by atoms with Gasteiger partial charge in [0, 0.05) is 0 Å². The molecule has 1 heterocycles. The molecule has 1 saturated heterocycles. The number of epoxide rings is 1. The molecule has 0 aromatic heterocycles. The first-order valence-corrected chi connectivity index (χ1v) is 9.38. The topological polar surface area (TPSA) is 38.8 Å². The summed E-state index contributed by atoms with van der Waals surface area (Å²) in [4.78, 5) is 12.0. The van der Waals surface area contributed by atoms with Gasteiger partial charge in [-0.1, -0.05) is 72.1 Å². The lowest BCUT2D eigenvalue weighted by Gasteiger charge is -2.13. The quantitative estimate of drug-likeness (QED) is 0.269. The van der Waals surface area contributed by atoms with E-state index in [9.17, 15) is 4.79 Å². The van der Waals surface area contributed by atoms with E-state index in [2.05, 4.69) is 20.8 Å². The standard InChI is InChI=1S/C19H36O3/c1-5-7-9-11-13-15(3)17-18(22-17)16(19(20)21-4)14-12-10-8-6-2/h15-18H,5-14H2,1-4H3. The highest BCUT2D eigenvalue weighted by molar-refractivity contribution is 5.73. The van der Waals surface area contributed by atoms with Crippen molar-refractivity contribution in [3.63, 3.8) is 0 Å². The van der Waals surface area contributed by atoms with Gasteiger partial charge >= 0.3 is 5.97 Å². The van der Waals surface area contributed by atoms with E-state index in [0.717, 1.165) is 12.8 Å². The Kier molecular flexibility index (Phi) is 9.77. The fourth-order valence-electron chi connectivity index (χ4n) is 3.33. The van der Waals surface area contributed by atoms with E-state index in [4.69, 9.17) is 9.47 Å². The van der Waals surface area contributed by atoms with Gasteiger partial charge in [-0.15, -0.1) is 0 Å². The normalized spacial score (nSPS) is 23.1. The van der Waals surface area contributed by atoms with Crippen LogP contribution in [0.15, 0.2) is 0 Å². The van der Waals surface area contributed by atoms with Crippen LogP contribution in [0.2, 0.25) is 0 Å². The van der Waals surface area contributed by atoms with Gasteiger partial charge in [-0.05, 0) is 18.8 Å². The highest BCUT2D eigenvalue weighted by Crippen LogP contribution is 2.39. The largest absolute Gasteiger partial charge is 0.469 e. The molecule has 0 aromatic rings. The molecule has 0 radical (unpaired) electrons. The fourth-order valence-corrected chi connectivity index (χ4v) is 3.33. The molecule has 3 heteroatoms. The van der Waals surface area contributed by atoms with Gasteiger partial charge in [0.05, 0.1) is 25.2 Å². The summed E-state index contributed by atoms with van der Waals surface area (Å²) in [5, 5.41) is 0. The monoisotopic (exact) mass is 312 g/mol. The summed E-state index contributed by atoms with van der Waals surface area (Å²) in [6, 6.07) is 0. The molecule has 0 aromatic carbocycles. The first-order chi connectivity index (χ1) is 10.7. The number of ether oxygens (including phenoxy) is 2. The minimum absolute atomic E-state index is 0.0510. The van der Waals surface area contributed by atoms with Gasteiger partial charge in [-0.25, -0.2) is 0 Å². The third kappa shape index (κ3) is 6.68. The first-order valence-electron chi connectivity index (χ1n) is 9.38. The molecule has 0 bridgehead atoms. The van der Waals surface area contributed by atoms with Gasteiger partial charge < -0.3 is 9.47 Å². The van der Waals surface area contributed by atoms with Crippen LogP contribution in [0, 0.1) is 11.8 Å². The molecular formula is C19H36O3. The van der Waals surface area contributed by atoms with E-state index in [1.165, 1.54) is 58.5 Å². The predicted molar refractivity (Wildman–Crippen MR) is 90.8 cm³/mol. The Bertz CT molecular complexity index is 303. The van der Waals surface area contributed by atoms with Crippen LogP contribution in [0.25, 0.3) is 0 Å². The molecule has 4 unspecified atom stereocenters. The lowest BCUT2D eigenvalue weighted by Crippen LogP contribution is -2.24. The maximum atomic E-state index is 12.0. The number of carbonyl (C=O) groups is 1. The van der Waals surface area contributed by atoms with E-state index in [-0.39, 0.29) is 24.1 Å². The van der Waals surface area contributed by atoms with E-state index < -0.39 is 0 Å². The van der Waals surface area contributed by atoms with Crippen LogP contribution >= 0.6 is 0 Å². The molecular weight excluding hydrogens is 276 g/mol. The number of esters is 1. The zero-order chi connectivity index (χ0) is 16.4. The Morgan fingerprint density at radius 2 is 1.55 bits per heavy atom. The minimum Gasteiger partial charge on any atom is -0.469 e. The van der Waals surface area contributed by atoms with Crippen LogP contribution in [-0.2, 0) is 14.3 Å². The van der Waals surface area contributed by atoms with Crippen LogP contribution < -0.4 is 0 Å². The molecule has 22 heavy (non-hydrogen) atoms. The molecule has 4 atom stereocenters. The molecule has 1 aliphatic heterocycles. The first kappa shape index (κ1) is 19.5. The number of hydrogen-bond acceptors (Lipinski definition) is 3. The van der Waals surface area contributed by atoms with E-state index in [0.29, 0.717) is 5.92 Å². The summed E-state index contributed by atoms with van der Waals surface area (Å²) in [7, 11) is 1.49. The van der Waals surface area contributed by atoms with E-state index >= 15 is 0 Å². The maximum Gasteiger partial charge on any atom is 0.311 e. The summed E-state index contributed by atoms with van der Waals surface area (Å²) < 4.78 is 10.9. The molecule has 0 aliphatic carbocycles. The lowest BCUT2D eigenvalue weighted by atomic mass is 9.90. The number of hydrogen-bond donors (Lipinski definition) is 0. The van der Waals surface area contributed by atoms with Crippen LogP contribution in [0.4, 0.5) is 0 Å². The van der Waals surface area contributed by atoms with Gasteiger partial charge in [0.15, 0.2) is 0 Å². The summed E-state index contributed by atoms with van der Waals surface area (Å²) in [5.41, 5.74) is 0. The number of carbonyl (C=O) groups excluding carboxylic acids is 1. The molecule has 1 aliphatic rings. The van der Waals surface area contributed by atoms with Crippen LogP contribution in [0.5, 0.6) is 0 Å². The Hall–Kier alpha value is -0.570. The van der Waals surface area contributed by atoms with Crippen LogP contribution in [0.1, 0.15) is 85.0 Å². The number of unbranched alkanes of at least 4 members (excludes halogenated alkanes) is 6. The molecule has 3 nitrogen and oxygen atoms in total. The van der Waals surface area contributed by atoms with Gasteiger partial charge in [-0.3, -0.25) is 4.79 Å². The van der Waals surface area contributed by atoms with Crippen molar-refractivity contribution in [1.29, 1.82) is 0 Å².